The first-order chi connectivity index (χ1) is 18.3. The van der Waals surface area contributed by atoms with Crippen molar-refractivity contribution in [2.45, 2.75) is 75.9 Å². The van der Waals surface area contributed by atoms with Gasteiger partial charge in [0.1, 0.15) is 0 Å². The van der Waals surface area contributed by atoms with E-state index in [1.165, 1.54) is 73.6 Å². The van der Waals surface area contributed by atoms with Crippen LogP contribution in [0.4, 0.5) is 0 Å². The summed E-state index contributed by atoms with van der Waals surface area (Å²) in [4.78, 5) is 0. The molecule has 3 rings (SSSR count). The number of unbranched alkanes of at least 4 members (excludes halogenated alkanes) is 7. The zero-order valence-electron chi connectivity index (χ0n) is 23.9. The van der Waals surface area contributed by atoms with Crippen LogP contribution in [0.3, 0.4) is 0 Å². The van der Waals surface area contributed by atoms with Crippen molar-refractivity contribution in [3.05, 3.63) is 112 Å². The summed E-state index contributed by atoms with van der Waals surface area (Å²) in [6.07, 6.45) is 12.6. The largest absolute Gasteiger partial charge is 1.00 e. The molecule has 0 bridgehead atoms. The normalized spacial score (nSPS) is 11.3. The first-order valence-electron chi connectivity index (χ1n) is 14.5. The molecule has 4 heteroatoms. The molecule has 0 amide bonds. The first kappa shape index (κ1) is 33.8. The zero-order valence-corrected chi connectivity index (χ0v) is 27.9. The van der Waals surface area contributed by atoms with Crippen LogP contribution in [-0.2, 0) is 11.2 Å². The summed E-state index contributed by atoms with van der Waals surface area (Å²) < 4.78 is -0.190. The summed E-state index contributed by atoms with van der Waals surface area (Å²) in [5, 5.41) is 4.54. The maximum Gasteiger partial charge on any atom is 1.00 e. The van der Waals surface area contributed by atoms with Crippen molar-refractivity contribution >= 4 is 11.8 Å². The van der Waals surface area contributed by atoms with Crippen LogP contribution >= 0.6 is 11.8 Å². The van der Waals surface area contributed by atoms with Crippen LogP contribution in [0, 0.1) is 0 Å². The SMILES string of the molecule is CCc1ccc(C(SCCCCCCCCCC[N-]CCCN)(c2ccccc2)c2ccccc2)cc1.[K+]. The van der Waals surface area contributed by atoms with Gasteiger partial charge in [0.05, 0.1) is 4.75 Å². The summed E-state index contributed by atoms with van der Waals surface area (Å²) in [7, 11) is 0. The van der Waals surface area contributed by atoms with Crippen molar-refractivity contribution in [1.29, 1.82) is 0 Å². The average molecular weight is 555 g/mol. The van der Waals surface area contributed by atoms with Crippen molar-refractivity contribution in [3.63, 3.8) is 0 Å². The van der Waals surface area contributed by atoms with Crippen molar-refractivity contribution < 1.29 is 51.4 Å². The number of hydrogen-bond donors (Lipinski definition) is 1. The first-order valence-corrected chi connectivity index (χ1v) is 15.5. The molecule has 0 aliphatic rings. The molecule has 0 aromatic heterocycles. The van der Waals surface area contributed by atoms with Crippen molar-refractivity contribution in [2.24, 2.45) is 5.73 Å². The smallest absolute Gasteiger partial charge is 0.662 e. The average Bonchev–Trinajstić information content (AvgIpc) is 2.96. The molecule has 3 aromatic carbocycles. The fourth-order valence-corrected chi connectivity index (χ4v) is 6.56. The number of thioether (sulfide) groups is 1. The molecule has 0 fully saturated rings. The van der Waals surface area contributed by atoms with Crippen molar-refractivity contribution in [2.75, 3.05) is 25.4 Å². The van der Waals surface area contributed by atoms with Gasteiger partial charge < -0.3 is 11.1 Å². The summed E-state index contributed by atoms with van der Waals surface area (Å²) in [6, 6.07) is 31.5. The van der Waals surface area contributed by atoms with E-state index in [9.17, 15) is 0 Å². The van der Waals surface area contributed by atoms with E-state index in [-0.39, 0.29) is 56.1 Å². The van der Waals surface area contributed by atoms with Crippen LogP contribution in [-0.4, -0.2) is 25.4 Å². The van der Waals surface area contributed by atoms with Gasteiger partial charge in [0.2, 0.25) is 0 Å². The molecular weight excluding hydrogens is 508 g/mol. The third-order valence-electron chi connectivity index (χ3n) is 7.18. The van der Waals surface area contributed by atoms with Gasteiger partial charge in [-0.15, -0.1) is 24.9 Å². The standard InChI is InChI=1S/C34H47N2S.K/c1-2-30-22-24-33(25-23-30)34(31-18-11-9-12-19-31,32-20-13-10-14-21-32)37-29-16-8-6-4-3-5-7-15-27-36-28-17-26-35;/h9-14,18-25H,2-8,15-17,26-29,35H2,1H3;/q-1;+1. The van der Waals surface area contributed by atoms with Gasteiger partial charge in [0, 0.05) is 0 Å². The van der Waals surface area contributed by atoms with Gasteiger partial charge in [-0.1, -0.05) is 143 Å². The van der Waals surface area contributed by atoms with Gasteiger partial charge in [-0.05, 0) is 47.4 Å². The Labute approximate surface area is 279 Å². The fraction of sp³-hybridized carbons (Fsp3) is 0.471. The molecule has 2 N–H and O–H groups in total. The van der Waals surface area contributed by atoms with Crippen LogP contribution in [0.15, 0.2) is 84.9 Å². The third kappa shape index (κ3) is 10.9. The molecule has 0 spiro atoms. The van der Waals surface area contributed by atoms with Crippen LogP contribution in [0.5, 0.6) is 0 Å². The molecule has 3 aromatic rings. The van der Waals surface area contributed by atoms with Gasteiger partial charge in [0.15, 0.2) is 0 Å². The second-order valence-electron chi connectivity index (χ2n) is 9.95. The molecule has 0 heterocycles. The van der Waals surface area contributed by atoms with E-state index in [2.05, 4.69) is 109 Å². The Kier molecular flexibility index (Phi) is 18.2. The second-order valence-corrected chi connectivity index (χ2v) is 11.3. The van der Waals surface area contributed by atoms with E-state index >= 15 is 0 Å². The van der Waals surface area contributed by atoms with E-state index < -0.39 is 0 Å². The van der Waals surface area contributed by atoms with Gasteiger partial charge in [-0.3, -0.25) is 0 Å². The van der Waals surface area contributed by atoms with Gasteiger partial charge >= 0.3 is 51.4 Å². The van der Waals surface area contributed by atoms with Crippen LogP contribution in [0.1, 0.15) is 87.0 Å². The Morgan fingerprint density at radius 1 is 0.605 bits per heavy atom. The van der Waals surface area contributed by atoms with E-state index in [1.807, 2.05) is 0 Å². The van der Waals surface area contributed by atoms with Crippen molar-refractivity contribution in [3.8, 4) is 0 Å². The van der Waals surface area contributed by atoms with Gasteiger partial charge in [-0.2, -0.15) is 0 Å². The molecule has 0 radical (unpaired) electrons. The third-order valence-corrected chi connectivity index (χ3v) is 8.81. The van der Waals surface area contributed by atoms with E-state index in [4.69, 9.17) is 5.73 Å². The molecule has 0 saturated carbocycles. The summed E-state index contributed by atoms with van der Waals surface area (Å²) in [5.41, 5.74) is 11.0. The van der Waals surface area contributed by atoms with E-state index in [0.717, 1.165) is 38.2 Å². The Morgan fingerprint density at radius 2 is 1.08 bits per heavy atom. The Balaban J connectivity index is 0.00000507. The molecule has 2 nitrogen and oxygen atoms in total. The molecule has 0 unspecified atom stereocenters. The molecule has 0 aliphatic carbocycles. The monoisotopic (exact) mass is 554 g/mol. The topological polar surface area (TPSA) is 40.1 Å². The van der Waals surface area contributed by atoms with E-state index in [0.29, 0.717) is 0 Å². The molecule has 0 atom stereocenters. The van der Waals surface area contributed by atoms with Crippen LogP contribution in [0.25, 0.3) is 5.32 Å². The van der Waals surface area contributed by atoms with Gasteiger partial charge in [0.25, 0.3) is 0 Å². The maximum absolute atomic E-state index is 5.52. The number of nitrogens with zero attached hydrogens (tertiary/aromatic N) is 1. The summed E-state index contributed by atoms with van der Waals surface area (Å²) in [5.74, 6) is 1.16. The van der Waals surface area contributed by atoms with E-state index in [1.54, 1.807) is 0 Å². The van der Waals surface area contributed by atoms with Gasteiger partial charge in [-0.25, -0.2) is 0 Å². The molecule has 0 saturated heterocycles. The number of nitrogens with two attached hydrogens (primary N) is 1. The predicted octanol–water partition coefficient (Wildman–Crippen LogP) is 6.12. The Hall–Kier alpha value is -0.434. The minimum Gasteiger partial charge on any atom is -0.662 e. The number of benzene rings is 3. The Bertz CT molecular complexity index is 923. The second kappa shape index (κ2) is 20.4. The van der Waals surface area contributed by atoms with Crippen LogP contribution < -0.4 is 57.1 Å². The molecule has 38 heavy (non-hydrogen) atoms. The minimum absolute atomic E-state index is 0. The summed E-state index contributed by atoms with van der Waals surface area (Å²) in [6.45, 7) is 4.94. The predicted molar refractivity (Wildman–Crippen MR) is 165 cm³/mol. The number of hydrogen-bond acceptors (Lipinski definition) is 2. The van der Waals surface area contributed by atoms with Crippen molar-refractivity contribution in [1.82, 2.24) is 0 Å². The molecule has 0 aliphatic heterocycles. The number of aryl methyl sites for hydroxylation is 1. The Morgan fingerprint density at radius 3 is 1.61 bits per heavy atom. The minimum atomic E-state index is -0.190. The maximum atomic E-state index is 5.52. The summed E-state index contributed by atoms with van der Waals surface area (Å²) >= 11 is 2.11. The van der Waals surface area contributed by atoms with Crippen LogP contribution in [0.2, 0.25) is 0 Å². The molecule has 200 valence electrons. The zero-order chi connectivity index (χ0) is 26.0. The quantitative estimate of drug-likeness (QED) is 0.110. The fourth-order valence-electron chi connectivity index (χ4n) is 5.00. The number of rotatable bonds is 19. The molecular formula is C34H47KN2S.